The second-order valence-electron chi connectivity index (χ2n) is 17.3. The van der Waals surface area contributed by atoms with Gasteiger partial charge in [0.2, 0.25) is 0 Å². The zero-order valence-electron chi connectivity index (χ0n) is 37.3. The number of aryl methyl sites for hydroxylation is 4. The van der Waals surface area contributed by atoms with E-state index in [4.69, 9.17) is 0 Å². The summed E-state index contributed by atoms with van der Waals surface area (Å²) in [5.41, 5.74) is 6.68. The van der Waals surface area contributed by atoms with Crippen molar-refractivity contribution in [3.05, 3.63) is 132 Å². The van der Waals surface area contributed by atoms with Crippen LogP contribution in [0, 0.1) is 50.9 Å². The Balaban J connectivity index is 0.000000297. The lowest BCUT2D eigenvalue weighted by molar-refractivity contribution is 0.117. The van der Waals surface area contributed by atoms with Crippen molar-refractivity contribution in [2.45, 2.75) is 153 Å². The van der Waals surface area contributed by atoms with E-state index in [0.29, 0.717) is 11.3 Å². The molecule has 0 amide bonds. The molecule has 4 aromatic rings. The third-order valence-corrected chi connectivity index (χ3v) is 14.6. The average molecular weight is 779 g/mol. The van der Waals surface area contributed by atoms with Crippen LogP contribution in [0.5, 0.6) is 0 Å². The van der Waals surface area contributed by atoms with Crippen molar-refractivity contribution in [1.82, 2.24) is 0 Å². The maximum atomic E-state index is 3.56. The van der Waals surface area contributed by atoms with E-state index in [1.807, 2.05) is 6.08 Å². The molecule has 2 saturated carbocycles. The Labute approximate surface area is 344 Å². The summed E-state index contributed by atoms with van der Waals surface area (Å²) in [6.45, 7) is 30.5. The van der Waals surface area contributed by atoms with E-state index in [1.54, 1.807) is 10.6 Å². The topological polar surface area (TPSA) is 0 Å². The molecule has 55 heavy (non-hydrogen) atoms. The van der Waals surface area contributed by atoms with Gasteiger partial charge in [0.1, 0.15) is 0 Å². The fraction of sp³-hybridized carbons (Fsp3) is 0.509. The van der Waals surface area contributed by atoms with Gasteiger partial charge in [0.25, 0.3) is 0 Å². The predicted molar refractivity (Wildman–Crippen MR) is 257 cm³/mol. The second kappa shape index (κ2) is 26.4. The van der Waals surface area contributed by atoms with Crippen LogP contribution >= 0.6 is 16.5 Å². The van der Waals surface area contributed by atoms with Crippen LogP contribution in [0.3, 0.4) is 0 Å². The molecule has 6 rings (SSSR count). The fourth-order valence-corrected chi connectivity index (χ4v) is 13.3. The van der Waals surface area contributed by atoms with Crippen molar-refractivity contribution >= 4 is 37.7 Å². The lowest BCUT2D eigenvalue weighted by atomic mass is 9.65. The quantitative estimate of drug-likeness (QED) is 0.123. The molecule has 3 atom stereocenters. The molecule has 2 fully saturated rings. The largest absolute Gasteiger partial charge is 0.103 e. The van der Waals surface area contributed by atoms with E-state index < -0.39 is 0 Å². The molecule has 2 aliphatic rings. The molecule has 0 aliphatic heterocycles. The van der Waals surface area contributed by atoms with E-state index in [0.717, 1.165) is 26.1 Å². The van der Waals surface area contributed by atoms with Gasteiger partial charge in [-0.25, -0.2) is 0 Å². The molecule has 0 spiro atoms. The highest BCUT2D eigenvalue weighted by Crippen LogP contribution is 2.56. The van der Waals surface area contributed by atoms with Gasteiger partial charge in [-0.15, -0.1) is 6.58 Å². The zero-order valence-corrected chi connectivity index (χ0v) is 39.2. The van der Waals surface area contributed by atoms with Gasteiger partial charge >= 0.3 is 0 Å². The Morgan fingerprint density at radius 2 is 1.00 bits per heavy atom. The summed E-state index contributed by atoms with van der Waals surface area (Å²) in [6, 6.07) is 36.3. The van der Waals surface area contributed by atoms with Gasteiger partial charge in [-0.1, -0.05) is 241 Å². The smallest absolute Gasteiger partial charge is 0.00928 e. The van der Waals surface area contributed by atoms with E-state index >= 15 is 0 Å². The maximum Gasteiger partial charge on any atom is -0.00928 e. The third kappa shape index (κ3) is 18.5. The molecule has 302 valence electrons. The first-order valence-electron chi connectivity index (χ1n) is 21.7. The standard InChI is InChI=1S/C24H33P.C16H19P.2C5H10.C3H8/c1-5-19-17-24(3,4)18-23(22(19)6-2)25(20-13-9-7-10-14-20)21-15-11-8-12-16-21;1-11-5-12(2)8-15(7-11)17-16-9-13(3)6-14(4)10-16;1-2-4-5-3-1;1-4-5(2)3;1-3-2/h7-16,19,22-23H,5-6,17-18H2,1-4H3;5-10,17H,1-4H3;1-5H2;4-5H,1H2,2-3H3;3H2,1-2H3. The highest BCUT2D eigenvalue weighted by atomic mass is 31.1. The van der Waals surface area contributed by atoms with Crippen molar-refractivity contribution in [1.29, 1.82) is 0 Å². The summed E-state index contributed by atoms with van der Waals surface area (Å²) in [4.78, 5) is 0. The molecule has 0 nitrogen and oxygen atoms in total. The molecule has 2 aliphatic carbocycles. The molecular formula is C53H80P2. The number of rotatable bonds is 8. The average Bonchev–Trinajstić information content (AvgIpc) is 3.73. The maximum absolute atomic E-state index is 3.56. The van der Waals surface area contributed by atoms with Gasteiger partial charge in [-0.3, -0.25) is 0 Å². The van der Waals surface area contributed by atoms with Crippen LogP contribution in [0.15, 0.2) is 110 Å². The summed E-state index contributed by atoms with van der Waals surface area (Å²) >= 11 is 0. The summed E-state index contributed by atoms with van der Waals surface area (Å²) in [7, 11) is 0.457. The molecule has 2 heteroatoms. The minimum Gasteiger partial charge on any atom is -0.103 e. The van der Waals surface area contributed by atoms with Gasteiger partial charge in [0.15, 0.2) is 0 Å². The summed E-state index contributed by atoms with van der Waals surface area (Å²) < 4.78 is 0. The molecule has 0 N–H and O–H groups in total. The second-order valence-corrected chi connectivity index (χ2v) is 21.1. The first kappa shape index (κ1) is 48.6. The number of hydrogen-bond donors (Lipinski definition) is 0. The summed E-state index contributed by atoms with van der Waals surface area (Å²) in [5.74, 6) is 2.37. The van der Waals surface area contributed by atoms with Crippen LogP contribution in [0.25, 0.3) is 0 Å². The Morgan fingerprint density at radius 3 is 1.31 bits per heavy atom. The van der Waals surface area contributed by atoms with Crippen LogP contribution in [0.2, 0.25) is 0 Å². The highest BCUT2D eigenvalue weighted by Gasteiger charge is 2.43. The Bertz CT molecular complexity index is 1460. The van der Waals surface area contributed by atoms with Gasteiger partial charge < -0.3 is 0 Å². The molecule has 4 aromatic carbocycles. The highest BCUT2D eigenvalue weighted by molar-refractivity contribution is 7.73. The van der Waals surface area contributed by atoms with Crippen molar-refractivity contribution in [2.75, 3.05) is 0 Å². The van der Waals surface area contributed by atoms with Crippen LogP contribution in [-0.4, -0.2) is 5.66 Å². The minimum atomic E-state index is -0.305. The monoisotopic (exact) mass is 779 g/mol. The molecule has 0 heterocycles. The van der Waals surface area contributed by atoms with E-state index in [9.17, 15) is 0 Å². The lowest BCUT2D eigenvalue weighted by Crippen LogP contribution is -2.41. The Morgan fingerprint density at radius 1 is 0.636 bits per heavy atom. The fourth-order valence-electron chi connectivity index (χ4n) is 8.16. The number of benzene rings is 4. The number of allylic oxidation sites excluding steroid dienone is 1. The third-order valence-electron chi connectivity index (χ3n) is 10.5. The van der Waals surface area contributed by atoms with E-state index in [2.05, 4.69) is 187 Å². The summed E-state index contributed by atoms with van der Waals surface area (Å²) in [6.07, 6.45) is 16.1. The normalized spacial score (nSPS) is 18.3. The number of hydrogen-bond acceptors (Lipinski definition) is 0. The summed E-state index contributed by atoms with van der Waals surface area (Å²) in [5, 5.41) is 5.99. The molecule has 0 bridgehead atoms. The Hall–Kier alpha value is -2.52. The molecule has 3 unspecified atom stereocenters. The first-order valence-corrected chi connectivity index (χ1v) is 24.1. The van der Waals surface area contributed by atoms with E-state index in [-0.39, 0.29) is 7.92 Å². The molecule has 0 aromatic heterocycles. The van der Waals surface area contributed by atoms with Crippen LogP contribution in [0.1, 0.15) is 142 Å². The Kier molecular flexibility index (Phi) is 23.3. The van der Waals surface area contributed by atoms with Crippen molar-refractivity contribution in [3.63, 3.8) is 0 Å². The van der Waals surface area contributed by atoms with Gasteiger partial charge in [0, 0.05) is 0 Å². The van der Waals surface area contributed by atoms with Crippen molar-refractivity contribution in [2.24, 2.45) is 23.2 Å². The lowest BCUT2D eigenvalue weighted by Gasteiger charge is -2.49. The molecule has 0 radical (unpaired) electrons. The van der Waals surface area contributed by atoms with Crippen LogP contribution in [-0.2, 0) is 0 Å². The van der Waals surface area contributed by atoms with Gasteiger partial charge in [-0.05, 0) is 98.5 Å². The first-order chi connectivity index (χ1) is 26.3. The predicted octanol–water partition coefficient (Wildman–Crippen LogP) is 15.1. The van der Waals surface area contributed by atoms with Gasteiger partial charge in [-0.2, -0.15) is 0 Å². The van der Waals surface area contributed by atoms with Crippen LogP contribution in [0.4, 0.5) is 0 Å². The minimum absolute atomic E-state index is 0.305. The molecule has 0 saturated heterocycles. The molecular weight excluding hydrogens is 699 g/mol. The van der Waals surface area contributed by atoms with Gasteiger partial charge in [0.05, 0.1) is 0 Å². The van der Waals surface area contributed by atoms with Crippen LogP contribution < -0.4 is 21.2 Å². The van der Waals surface area contributed by atoms with Crippen molar-refractivity contribution in [3.8, 4) is 0 Å². The SMILES string of the molecule is C1CCCC1.C=CC(C)C.CCC.CCC1CC(C)(C)CC(P(c2ccccc2)c2ccccc2)C1CC.Cc1cc(C)cc(Pc2cc(C)cc(C)c2)c1. The van der Waals surface area contributed by atoms with Crippen molar-refractivity contribution < 1.29 is 0 Å². The zero-order chi connectivity index (χ0) is 40.8. The van der Waals surface area contributed by atoms with E-state index in [1.165, 1.54) is 97.1 Å².